The second-order valence-corrected chi connectivity index (χ2v) is 5.67. The minimum Gasteiger partial charge on any atom is -0.310 e. The summed E-state index contributed by atoms with van der Waals surface area (Å²) < 4.78 is 0. The first-order valence-corrected chi connectivity index (χ1v) is 7.79. The predicted molar refractivity (Wildman–Crippen MR) is 83.4 cm³/mol. The SMILES string of the molecule is CCCc1ccc(C(C)NCCC2=CCCC2)cc1. The van der Waals surface area contributed by atoms with Crippen molar-refractivity contribution in [2.75, 3.05) is 6.54 Å². The van der Waals surface area contributed by atoms with Gasteiger partial charge in [0.15, 0.2) is 0 Å². The zero-order valence-corrected chi connectivity index (χ0v) is 12.4. The molecular formula is C18H27N. The summed E-state index contributed by atoms with van der Waals surface area (Å²) in [5.74, 6) is 0. The average Bonchev–Trinajstić information content (AvgIpc) is 2.93. The second kappa shape index (κ2) is 7.49. The van der Waals surface area contributed by atoms with E-state index >= 15 is 0 Å². The van der Waals surface area contributed by atoms with Gasteiger partial charge in [-0.1, -0.05) is 49.3 Å². The van der Waals surface area contributed by atoms with Crippen LogP contribution < -0.4 is 5.32 Å². The molecule has 0 bridgehead atoms. The molecule has 0 saturated carbocycles. The Kier molecular flexibility index (Phi) is 5.65. The summed E-state index contributed by atoms with van der Waals surface area (Å²) in [6, 6.07) is 9.56. The number of nitrogens with one attached hydrogen (secondary N) is 1. The molecule has 1 nitrogen and oxygen atoms in total. The van der Waals surface area contributed by atoms with Gasteiger partial charge in [-0.25, -0.2) is 0 Å². The fourth-order valence-corrected chi connectivity index (χ4v) is 2.79. The van der Waals surface area contributed by atoms with Crippen molar-refractivity contribution in [2.24, 2.45) is 0 Å². The van der Waals surface area contributed by atoms with E-state index in [-0.39, 0.29) is 0 Å². The van der Waals surface area contributed by atoms with E-state index in [1.165, 1.54) is 49.7 Å². The molecule has 1 unspecified atom stereocenters. The topological polar surface area (TPSA) is 12.0 Å². The lowest BCUT2D eigenvalue weighted by atomic mass is 10.0. The molecule has 19 heavy (non-hydrogen) atoms. The summed E-state index contributed by atoms with van der Waals surface area (Å²) in [7, 11) is 0. The van der Waals surface area contributed by atoms with Crippen LogP contribution in [0.5, 0.6) is 0 Å². The minimum absolute atomic E-state index is 0.456. The van der Waals surface area contributed by atoms with Gasteiger partial charge in [0.1, 0.15) is 0 Å². The van der Waals surface area contributed by atoms with Crippen LogP contribution in [-0.4, -0.2) is 6.54 Å². The van der Waals surface area contributed by atoms with E-state index in [4.69, 9.17) is 0 Å². The van der Waals surface area contributed by atoms with E-state index in [1.807, 2.05) is 0 Å². The van der Waals surface area contributed by atoms with Gasteiger partial charge in [0.2, 0.25) is 0 Å². The highest BCUT2D eigenvalue weighted by Gasteiger charge is 2.07. The van der Waals surface area contributed by atoms with Crippen LogP contribution in [0, 0.1) is 0 Å². The molecule has 0 saturated heterocycles. The molecule has 104 valence electrons. The van der Waals surface area contributed by atoms with Gasteiger partial charge in [0.25, 0.3) is 0 Å². The van der Waals surface area contributed by atoms with Crippen molar-refractivity contribution in [1.29, 1.82) is 0 Å². The fourth-order valence-electron chi connectivity index (χ4n) is 2.79. The van der Waals surface area contributed by atoms with Crippen molar-refractivity contribution in [2.45, 2.75) is 58.4 Å². The lowest BCUT2D eigenvalue weighted by Crippen LogP contribution is -2.20. The van der Waals surface area contributed by atoms with Gasteiger partial charge in [0, 0.05) is 6.04 Å². The maximum Gasteiger partial charge on any atom is 0.0291 e. The number of hydrogen-bond donors (Lipinski definition) is 1. The number of aryl methyl sites for hydroxylation is 1. The first-order chi connectivity index (χ1) is 9.29. The molecule has 0 fully saturated rings. The third-order valence-electron chi connectivity index (χ3n) is 4.05. The van der Waals surface area contributed by atoms with Gasteiger partial charge in [-0.05, 0) is 56.7 Å². The quantitative estimate of drug-likeness (QED) is 0.692. The molecule has 1 aliphatic carbocycles. The number of allylic oxidation sites excluding steroid dienone is 1. The van der Waals surface area contributed by atoms with Crippen molar-refractivity contribution >= 4 is 0 Å². The zero-order valence-electron chi connectivity index (χ0n) is 12.4. The summed E-state index contributed by atoms with van der Waals surface area (Å²) in [6.45, 7) is 5.59. The van der Waals surface area contributed by atoms with Crippen LogP contribution in [0.25, 0.3) is 0 Å². The van der Waals surface area contributed by atoms with Crippen molar-refractivity contribution < 1.29 is 0 Å². The highest BCUT2D eigenvalue weighted by atomic mass is 14.9. The fraction of sp³-hybridized carbons (Fsp3) is 0.556. The van der Waals surface area contributed by atoms with Crippen molar-refractivity contribution in [3.05, 3.63) is 47.0 Å². The van der Waals surface area contributed by atoms with Crippen molar-refractivity contribution in [3.8, 4) is 0 Å². The summed E-state index contributed by atoms with van der Waals surface area (Å²) in [5, 5.41) is 3.64. The average molecular weight is 257 g/mol. The Bertz CT molecular complexity index is 402. The molecule has 1 atom stereocenters. The van der Waals surface area contributed by atoms with E-state index in [2.05, 4.69) is 49.5 Å². The van der Waals surface area contributed by atoms with E-state index in [1.54, 1.807) is 5.57 Å². The van der Waals surface area contributed by atoms with Gasteiger partial charge >= 0.3 is 0 Å². The van der Waals surface area contributed by atoms with Crippen LogP contribution >= 0.6 is 0 Å². The van der Waals surface area contributed by atoms with E-state index in [0.29, 0.717) is 6.04 Å². The molecule has 0 aromatic heterocycles. The largest absolute Gasteiger partial charge is 0.310 e. The lowest BCUT2D eigenvalue weighted by molar-refractivity contribution is 0.573. The second-order valence-electron chi connectivity index (χ2n) is 5.67. The number of rotatable bonds is 7. The Morgan fingerprint density at radius 1 is 1.16 bits per heavy atom. The molecule has 0 heterocycles. The normalized spacial score (nSPS) is 16.4. The van der Waals surface area contributed by atoms with E-state index in [9.17, 15) is 0 Å². The first kappa shape index (κ1) is 14.3. The molecule has 0 amide bonds. The van der Waals surface area contributed by atoms with E-state index in [0.717, 1.165) is 6.54 Å². The van der Waals surface area contributed by atoms with Crippen LogP contribution in [0.3, 0.4) is 0 Å². The maximum absolute atomic E-state index is 3.64. The summed E-state index contributed by atoms with van der Waals surface area (Å²) in [6.07, 6.45) is 10.0. The van der Waals surface area contributed by atoms with Gasteiger partial charge in [-0.3, -0.25) is 0 Å². The molecule has 0 spiro atoms. The molecule has 1 N–H and O–H groups in total. The minimum atomic E-state index is 0.456. The standard InChI is InChI=1S/C18H27N/c1-3-6-16-9-11-18(12-10-16)15(2)19-14-13-17-7-4-5-8-17/h7,9-12,15,19H,3-6,8,13-14H2,1-2H3. The summed E-state index contributed by atoms with van der Waals surface area (Å²) in [4.78, 5) is 0. The third-order valence-corrected chi connectivity index (χ3v) is 4.05. The van der Waals surface area contributed by atoms with Crippen LogP contribution in [0.15, 0.2) is 35.9 Å². The molecular weight excluding hydrogens is 230 g/mol. The molecule has 1 aromatic rings. The van der Waals surface area contributed by atoms with Gasteiger partial charge in [-0.15, -0.1) is 0 Å². The van der Waals surface area contributed by atoms with Crippen molar-refractivity contribution in [3.63, 3.8) is 0 Å². The van der Waals surface area contributed by atoms with E-state index < -0.39 is 0 Å². The first-order valence-electron chi connectivity index (χ1n) is 7.79. The highest BCUT2D eigenvalue weighted by Crippen LogP contribution is 2.20. The lowest BCUT2D eigenvalue weighted by Gasteiger charge is -2.15. The number of hydrogen-bond acceptors (Lipinski definition) is 1. The maximum atomic E-state index is 3.64. The van der Waals surface area contributed by atoms with Gasteiger partial charge in [0.05, 0.1) is 0 Å². The monoisotopic (exact) mass is 257 g/mol. The van der Waals surface area contributed by atoms with Gasteiger partial charge in [-0.2, -0.15) is 0 Å². The molecule has 2 rings (SSSR count). The van der Waals surface area contributed by atoms with Gasteiger partial charge < -0.3 is 5.32 Å². The molecule has 1 aromatic carbocycles. The van der Waals surface area contributed by atoms with Crippen LogP contribution in [-0.2, 0) is 6.42 Å². The smallest absolute Gasteiger partial charge is 0.0291 e. The van der Waals surface area contributed by atoms with Crippen LogP contribution in [0.2, 0.25) is 0 Å². The molecule has 1 heteroatoms. The highest BCUT2D eigenvalue weighted by molar-refractivity contribution is 5.24. The third kappa shape index (κ3) is 4.50. The Labute approximate surface area is 118 Å². The Morgan fingerprint density at radius 2 is 1.95 bits per heavy atom. The number of benzene rings is 1. The molecule has 0 aliphatic heterocycles. The Hall–Kier alpha value is -1.08. The van der Waals surface area contributed by atoms with Crippen molar-refractivity contribution in [1.82, 2.24) is 5.32 Å². The molecule has 1 aliphatic rings. The zero-order chi connectivity index (χ0) is 13.5. The van der Waals surface area contributed by atoms with Crippen LogP contribution in [0.1, 0.15) is 63.1 Å². The Balaban J connectivity index is 1.76. The summed E-state index contributed by atoms with van der Waals surface area (Å²) >= 11 is 0. The summed E-state index contributed by atoms with van der Waals surface area (Å²) in [5.41, 5.74) is 4.51. The van der Waals surface area contributed by atoms with Crippen LogP contribution in [0.4, 0.5) is 0 Å². The predicted octanol–water partition coefficient (Wildman–Crippen LogP) is 4.79. The molecule has 0 radical (unpaired) electrons. The Morgan fingerprint density at radius 3 is 2.58 bits per heavy atom.